The van der Waals surface area contributed by atoms with E-state index in [-0.39, 0.29) is 11.6 Å². The molecule has 2 aromatic carbocycles. The van der Waals surface area contributed by atoms with Crippen molar-refractivity contribution in [3.8, 4) is 5.88 Å². The van der Waals surface area contributed by atoms with E-state index < -0.39 is 5.91 Å². The maximum Gasteiger partial charge on any atom is 0.300 e. The van der Waals surface area contributed by atoms with E-state index in [0.29, 0.717) is 39.3 Å². The lowest BCUT2D eigenvalue weighted by atomic mass is 10.1. The number of carbonyl (C=O) groups is 1. The molecule has 1 saturated heterocycles. The summed E-state index contributed by atoms with van der Waals surface area (Å²) < 4.78 is 12.2. The molecule has 3 aromatic heterocycles. The molecule has 1 aliphatic rings. The average molecular weight is 495 g/mol. The Kier molecular flexibility index (Phi) is 5.86. The van der Waals surface area contributed by atoms with Gasteiger partial charge in [-0.3, -0.25) is 9.69 Å². The van der Waals surface area contributed by atoms with Gasteiger partial charge in [0.15, 0.2) is 11.5 Å². The zero-order chi connectivity index (χ0) is 25.4. The van der Waals surface area contributed by atoms with Crippen molar-refractivity contribution in [3.63, 3.8) is 0 Å². The first-order valence-electron chi connectivity index (χ1n) is 12.2. The van der Waals surface area contributed by atoms with Gasteiger partial charge >= 0.3 is 5.91 Å². The molecule has 4 heterocycles. The van der Waals surface area contributed by atoms with Gasteiger partial charge in [0.05, 0.1) is 29.3 Å². The van der Waals surface area contributed by atoms with Crippen LogP contribution in [0.25, 0.3) is 10.9 Å². The molecular weight excluding hydrogens is 468 g/mol. The fourth-order valence-electron chi connectivity index (χ4n) is 4.89. The van der Waals surface area contributed by atoms with Crippen molar-refractivity contribution in [2.45, 2.75) is 19.4 Å². The maximum atomic E-state index is 13.3. The number of anilines is 1. The smallest absolute Gasteiger partial charge is 0.300 e. The first-order chi connectivity index (χ1) is 18.1. The molecule has 1 aliphatic heterocycles. The van der Waals surface area contributed by atoms with Crippen LogP contribution < -0.4 is 5.73 Å². The lowest BCUT2D eigenvalue weighted by Gasteiger charge is -2.14. The molecule has 3 N–H and O–H groups in total. The van der Waals surface area contributed by atoms with Crippen molar-refractivity contribution in [2.75, 3.05) is 18.8 Å². The number of aromatic hydroxyl groups is 1. The number of nitrogen functional groups attached to an aromatic ring is 1. The number of aromatic nitrogens is 1. The minimum Gasteiger partial charge on any atom is -0.494 e. The molecule has 0 unspecified atom stereocenters. The monoisotopic (exact) mass is 494 g/mol. The first-order valence-corrected chi connectivity index (χ1v) is 12.2. The molecule has 5 aromatic rings. The highest BCUT2D eigenvalue weighted by Crippen LogP contribution is 2.36. The number of hydrogen-bond acceptors (Lipinski definition) is 7. The summed E-state index contributed by atoms with van der Waals surface area (Å²) in [4.78, 5) is 20.6. The highest BCUT2D eigenvalue weighted by atomic mass is 16.3. The first kappa shape index (κ1) is 22.9. The predicted molar refractivity (Wildman–Crippen MR) is 141 cm³/mol. The molecule has 8 nitrogen and oxygen atoms in total. The molecule has 0 radical (unpaired) electrons. The SMILES string of the molecule is Nc1ccc2c(C(=Nc3ccc(CN4CCCC4)cc3)c3ccco3)c(O)n(C(=O)c3ccco3)c2c1. The van der Waals surface area contributed by atoms with Crippen LogP contribution in [0.5, 0.6) is 5.88 Å². The minimum absolute atomic E-state index is 0.0891. The number of rotatable bonds is 6. The summed E-state index contributed by atoms with van der Waals surface area (Å²) in [7, 11) is 0. The van der Waals surface area contributed by atoms with E-state index >= 15 is 0 Å². The number of hydrogen-bond donors (Lipinski definition) is 2. The third kappa shape index (κ3) is 4.32. The van der Waals surface area contributed by atoms with Gasteiger partial charge in [0.2, 0.25) is 5.88 Å². The Morgan fingerprint density at radius 2 is 1.65 bits per heavy atom. The fraction of sp³-hybridized carbons (Fsp3) is 0.172. The van der Waals surface area contributed by atoms with Crippen molar-refractivity contribution in [1.29, 1.82) is 0 Å². The van der Waals surface area contributed by atoms with Gasteiger partial charge in [-0.05, 0) is 86.1 Å². The number of nitrogens with zero attached hydrogens (tertiary/aromatic N) is 3. The maximum absolute atomic E-state index is 13.3. The summed E-state index contributed by atoms with van der Waals surface area (Å²) in [5, 5.41) is 12.1. The zero-order valence-corrected chi connectivity index (χ0v) is 20.1. The van der Waals surface area contributed by atoms with Gasteiger partial charge in [-0.2, -0.15) is 0 Å². The molecule has 0 saturated carbocycles. The lowest BCUT2D eigenvalue weighted by molar-refractivity contribution is 0.0929. The van der Waals surface area contributed by atoms with Crippen LogP contribution in [0.1, 0.15) is 40.3 Å². The van der Waals surface area contributed by atoms with E-state index in [1.807, 2.05) is 12.1 Å². The van der Waals surface area contributed by atoms with Crippen LogP contribution in [0.4, 0.5) is 11.4 Å². The summed E-state index contributed by atoms with van der Waals surface area (Å²) in [5.41, 5.74) is 9.63. The molecular formula is C29H26N4O4. The zero-order valence-electron chi connectivity index (χ0n) is 20.1. The van der Waals surface area contributed by atoms with E-state index in [4.69, 9.17) is 19.6 Å². The van der Waals surface area contributed by atoms with Crippen molar-refractivity contribution < 1.29 is 18.7 Å². The van der Waals surface area contributed by atoms with Gasteiger partial charge in [-0.25, -0.2) is 9.56 Å². The summed E-state index contributed by atoms with van der Waals surface area (Å²) in [6.07, 6.45) is 5.46. The van der Waals surface area contributed by atoms with Gasteiger partial charge in [0, 0.05) is 17.6 Å². The van der Waals surface area contributed by atoms with Crippen LogP contribution in [-0.2, 0) is 6.54 Å². The largest absolute Gasteiger partial charge is 0.494 e. The summed E-state index contributed by atoms with van der Waals surface area (Å²) in [5.74, 6) is -0.249. The van der Waals surface area contributed by atoms with E-state index in [9.17, 15) is 9.90 Å². The number of aliphatic imine (C=N–C) groups is 1. The molecule has 186 valence electrons. The Bertz CT molecular complexity index is 1570. The summed E-state index contributed by atoms with van der Waals surface area (Å²) >= 11 is 0. The average Bonchev–Trinajstić information content (AvgIpc) is 3.71. The standard InChI is InChI=1S/C29H26N4O4/c30-20-9-12-22-23(17-20)33(28(34)25-6-4-16-37-25)29(35)26(22)27(24-5-3-15-36-24)31-21-10-7-19(8-11-21)18-32-13-1-2-14-32/h3-12,15-17,35H,1-2,13-14,18,30H2. The van der Waals surface area contributed by atoms with Crippen molar-refractivity contribution in [1.82, 2.24) is 9.47 Å². The van der Waals surface area contributed by atoms with Gasteiger partial charge in [-0.15, -0.1) is 0 Å². The molecule has 0 atom stereocenters. The van der Waals surface area contributed by atoms with E-state index in [0.717, 1.165) is 19.6 Å². The number of nitrogens with two attached hydrogens (primary N) is 1. The Morgan fingerprint density at radius 3 is 2.32 bits per heavy atom. The van der Waals surface area contributed by atoms with Gasteiger partial charge in [-0.1, -0.05) is 12.1 Å². The highest BCUT2D eigenvalue weighted by molar-refractivity contribution is 6.22. The van der Waals surface area contributed by atoms with Crippen LogP contribution in [-0.4, -0.2) is 39.3 Å². The Morgan fingerprint density at radius 1 is 0.946 bits per heavy atom. The highest BCUT2D eigenvalue weighted by Gasteiger charge is 2.28. The van der Waals surface area contributed by atoms with Crippen molar-refractivity contribution in [2.24, 2.45) is 4.99 Å². The van der Waals surface area contributed by atoms with Crippen molar-refractivity contribution in [3.05, 3.63) is 102 Å². The second-order valence-corrected chi connectivity index (χ2v) is 9.18. The molecule has 37 heavy (non-hydrogen) atoms. The van der Waals surface area contributed by atoms with Crippen molar-refractivity contribution >= 4 is 33.9 Å². The lowest BCUT2D eigenvalue weighted by Crippen LogP contribution is -2.18. The number of likely N-dealkylation sites (tertiary alicyclic amines) is 1. The molecule has 0 amide bonds. The normalized spacial score (nSPS) is 14.5. The van der Waals surface area contributed by atoms with Crippen LogP contribution in [0, 0.1) is 0 Å². The quantitative estimate of drug-likeness (QED) is 0.236. The number of benzene rings is 2. The Balaban J connectivity index is 1.48. The summed E-state index contributed by atoms with van der Waals surface area (Å²) in [6.45, 7) is 3.18. The molecule has 0 spiro atoms. The third-order valence-electron chi connectivity index (χ3n) is 6.68. The van der Waals surface area contributed by atoms with E-state index in [1.165, 1.54) is 29.2 Å². The van der Waals surface area contributed by atoms with Gasteiger partial charge in [0.1, 0.15) is 5.71 Å². The predicted octanol–water partition coefficient (Wildman–Crippen LogP) is 5.57. The minimum atomic E-state index is -0.519. The molecule has 1 fully saturated rings. The third-order valence-corrected chi connectivity index (χ3v) is 6.68. The molecule has 0 bridgehead atoms. The number of carbonyl (C=O) groups excluding carboxylic acids is 1. The van der Waals surface area contributed by atoms with Crippen LogP contribution in [0.2, 0.25) is 0 Å². The molecule has 0 aliphatic carbocycles. The molecule has 8 heteroatoms. The van der Waals surface area contributed by atoms with Crippen LogP contribution in [0.3, 0.4) is 0 Å². The van der Waals surface area contributed by atoms with E-state index in [2.05, 4.69) is 17.0 Å². The fourth-order valence-corrected chi connectivity index (χ4v) is 4.89. The van der Waals surface area contributed by atoms with Gasteiger partial charge in [0.25, 0.3) is 0 Å². The van der Waals surface area contributed by atoms with Crippen LogP contribution >= 0.6 is 0 Å². The van der Waals surface area contributed by atoms with Gasteiger partial charge < -0.3 is 19.7 Å². The second-order valence-electron chi connectivity index (χ2n) is 9.18. The Labute approximate surface area is 213 Å². The van der Waals surface area contributed by atoms with E-state index in [1.54, 1.807) is 48.7 Å². The topological polar surface area (TPSA) is 110 Å². The van der Waals surface area contributed by atoms with Crippen LogP contribution in [0.15, 0.2) is 93.1 Å². The number of furan rings is 2. The summed E-state index contributed by atoms with van der Waals surface area (Å²) in [6, 6.07) is 19.9. The Hall–Kier alpha value is -4.56. The second kappa shape index (κ2) is 9.48. The number of fused-ring (bicyclic) bond motifs is 1. The molecule has 6 rings (SSSR count).